The third-order valence-corrected chi connectivity index (χ3v) is 4.14. The van der Waals surface area contributed by atoms with E-state index in [-0.39, 0.29) is 56.8 Å². The lowest BCUT2D eigenvalue weighted by Crippen LogP contribution is -2.09. The van der Waals surface area contributed by atoms with Crippen molar-refractivity contribution < 1.29 is 38.1 Å². The van der Waals surface area contributed by atoms with Gasteiger partial charge in [0.05, 0.1) is 14.2 Å². The van der Waals surface area contributed by atoms with Gasteiger partial charge in [-0.15, -0.1) is 0 Å². The van der Waals surface area contributed by atoms with Crippen LogP contribution in [0, 0.1) is 0 Å². The fourth-order valence-electron chi connectivity index (χ4n) is 2.81. The molecule has 158 valence electrons. The molecule has 0 radical (unpaired) electrons. The summed E-state index contributed by atoms with van der Waals surface area (Å²) < 4.78 is 21.3. The molecule has 2 rings (SSSR count). The molecule has 0 saturated heterocycles. The van der Waals surface area contributed by atoms with Crippen LogP contribution in [0.2, 0.25) is 0 Å². The zero-order valence-electron chi connectivity index (χ0n) is 17.6. The van der Waals surface area contributed by atoms with Gasteiger partial charge in [-0.3, -0.25) is 19.2 Å². The minimum absolute atomic E-state index is 0.00570. The van der Waals surface area contributed by atoms with E-state index in [0.29, 0.717) is 0 Å². The van der Waals surface area contributed by atoms with Gasteiger partial charge in [-0.05, 0) is 38.1 Å². The van der Waals surface area contributed by atoms with Gasteiger partial charge in [-0.1, -0.05) is 0 Å². The Labute approximate surface area is 173 Å². The molecule has 0 spiro atoms. The maximum atomic E-state index is 12.1. The number of rotatable bonds is 7. The summed E-state index contributed by atoms with van der Waals surface area (Å²) in [7, 11) is 2.71. The second-order valence-electron chi connectivity index (χ2n) is 6.41. The first-order valence-electron chi connectivity index (χ1n) is 8.92. The van der Waals surface area contributed by atoms with Crippen LogP contribution in [-0.2, 0) is 9.59 Å². The van der Waals surface area contributed by atoms with Gasteiger partial charge in [0.15, 0.2) is 34.6 Å². The number of methoxy groups -OCH3 is 2. The Balaban J connectivity index is 3.01. The lowest BCUT2D eigenvalue weighted by atomic mass is 9.95. The molecule has 0 atom stereocenters. The van der Waals surface area contributed by atoms with E-state index >= 15 is 0 Å². The first kappa shape index (κ1) is 22.6. The van der Waals surface area contributed by atoms with E-state index in [1.54, 1.807) is 0 Å². The van der Waals surface area contributed by atoms with Gasteiger partial charge in [0, 0.05) is 36.1 Å². The summed E-state index contributed by atoms with van der Waals surface area (Å²) in [4.78, 5) is 47.6. The first-order valence-corrected chi connectivity index (χ1v) is 8.92. The van der Waals surface area contributed by atoms with Crippen LogP contribution in [0.25, 0.3) is 11.1 Å². The highest BCUT2D eigenvalue weighted by Gasteiger charge is 2.25. The number of hydrogen-bond acceptors (Lipinski definition) is 8. The molecule has 0 heterocycles. The first-order chi connectivity index (χ1) is 14.1. The van der Waals surface area contributed by atoms with E-state index in [4.69, 9.17) is 18.9 Å². The Bertz CT molecular complexity index is 952. The molecule has 0 aliphatic heterocycles. The van der Waals surface area contributed by atoms with Crippen LogP contribution in [0.3, 0.4) is 0 Å². The summed E-state index contributed by atoms with van der Waals surface area (Å²) in [6, 6.07) is 5.80. The summed E-state index contributed by atoms with van der Waals surface area (Å²) in [6.07, 6.45) is 0. The van der Waals surface area contributed by atoms with E-state index < -0.39 is 11.9 Å². The number of benzene rings is 2. The van der Waals surface area contributed by atoms with Crippen LogP contribution in [0.15, 0.2) is 24.3 Å². The van der Waals surface area contributed by atoms with Crippen molar-refractivity contribution in [2.75, 3.05) is 14.2 Å². The summed E-state index contributed by atoms with van der Waals surface area (Å²) in [5.41, 5.74) is 0.956. The normalized spacial score (nSPS) is 10.2. The third-order valence-electron chi connectivity index (χ3n) is 4.14. The average molecular weight is 414 g/mol. The summed E-state index contributed by atoms with van der Waals surface area (Å²) >= 11 is 0. The lowest BCUT2D eigenvalue weighted by Gasteiger charge is -2.19. The van der Waals surface area contributed by atoms with Gasteiger partial charge in [-0.2, -0.15) is 0 Å². The summed E-state index contributed by atoms with van der Waals surface area (Å²) in [6.45, 7) is 5.15. The molecule has 0 N–H and O–H groups in total. The number of hydrogen-bond donors (Lipinski definition) is 0. The van der Waals surface area contributed by atoms with Crippen molar-refractivity contribution in [1.29, 1.82) is 0 Å². The largest absolute Gasteiger partial charge is 0.493 e. The maximum absolute atomic E-state index is 12.1. The zero-order chi connectivity index (χ0) is 22.6. The molecule has 0 saturated carbocycles. The SMILES string of the molecule is COc1cc(C(C)=O)cc(-c2cc(C(C)=O)cc(OC)c2OC(C)=O)c1OC(C)=O. The van der Waals surface area contributed by atoms with Crippen LogP contribution >= 0.6 is 0 Å². The van der Waals surface area contributed by atoms with E-state index in [0.717, 1.165) is 0 Å². The van der Waals surface area contributed by atoms with Crippen molar-refractivity contribution in [2.45, 2.75) is 27.7 Å². The molecule has 0 aliphatic carbocycles. The Kier molecular flexibility index (Phi) is 6.94. The number of ether oxygens (including phenoxy) is 4. The second kappa shape index (κ2) is 9.21. The van der Waals surface area contributed by atoms with E-state index in [1.165, 1.54) is 66.2 Å². The van der Waals surface area contributed by atoms with E-state index in [2.05, 4.69) is 0 Å². The molecule has 0 amide bonds. The number of carbonyl (C=O) groups excluding carboxylic acids is 4. The molecule has 0 aliphatic rings. The van der Waals surface area contributed by atoms with Crippen LogP contribution in [0.5, 0.6) is 23.0 Å². The van der Waals surface area contributed by atoms with E-state index in [1.807, 2.05) is 0 Å². The van der Waals surface area contributed by atoms with Crippen molar-refractivity contribution >= 4 is 23.5 Å². The molecule has 2 aromatic carbocycles. The van der Waals surface area contributed by atoms with Gasteiger partial charge in [-0.25, -0.2) is 0 Å². The molecule has 8 heteroatoms. The highest BCUT2D eigenvalue weighted by Crippen LogP contribution is 2.47. The third kappa shape index (κ3) is 4.83. The number of esters is 2. The minimum atomic E-state index is -0.631. The molecular weight excluding hydrogens is 392 g/mol. The van der Waals surface area contributed by atoms with E-state index in [9.17, 15) is 19.2 Å². The lowest BCUT2D eigenvalue weighted by molar-refractivity contribution is -0.133. The molecule has 0 aromatic heterocycles. The van der Waals surface area contributed by atoms with Crippen molar-refractivity contribution in [1.82, 2.24) is 0 Å². The molecule has 0 unspecified atom stereocenters. The molecule has 30 heavy (non-hydrogen) atoms. The Hall–Kier alpha value is -3.68. The van der Waals surface area contributed by atoms with Crippen LogP contribution in [-0.4, -0.2) is 37.7 Å². The monoisotopic (exact) mass is 414 g/mol. The molecule has 0 bridgehead atoms. The predicted octanol–water partition coefficient (Wildman–Crippen LogP) is 3.63. The number of ketones is 2. The Morgan fingerprint density at radius 2 is 0.933 bits per heavy atom. The minimum Gasteiger partial charge on any atom is -0.493 e. The van der Waals surface area contributed by atoms with Gasteiger partial charge < -0.3 is 18.9 Å². The van der Waals surface area contributed by atoms with Crippen molar-refractivity contribution in [3.8, 4) is 34.1 Å². The fraction of sp³-hybridized carbons (Fsp3) is 0.273. The van der Waals surface area contributed by atoms with Crippen molar-refractivity contribution in [3.05, 3.63) is 35.4 Å². The smallest absolute Gasteiger partial charge is 0.308 e. The summed E-state index contributed by atoms with van der Waals surface area (Å²) in [5.74, 6) is -1.55. The highest BCUT2D eigenvalue weighted by atomic mass is 16.6. The highest BCUT2D eigenvalue weighted by molar-refractivity contribution is 6.00. The van der Waals surface area contributed by atoms with Gasteiger partial charge in [0.25, 0.3) is 0 Å². The van der Waals surface area contributed by atoms with Crippen molar-refractivity contribution in [3.63, 3.8) is 0 Å². The summed E-state index contributed by atoms with van der Waals surface area (Å²) in [5, 5.41) is 0. The molecular formula is C22H22O8. The Morgan fingerprint density at radius 1 is 0.600 bits per heavy atom. The average Bonchev–Trinajstić information content (AvgIpc) is 2.67. The van der Waals surface area contributed by atoms with Crippen LogP contribution in [0.4, 0.5) is 0 Å². The quantitative estimate of drug-likeness (QED) is 0.384. The van der Waals surface area contributed by atoms with Gasteiger partial charge in [0.2, 0.25) is 0 Å². The molecule has 8 nitrogen and oxygen atoms in total. The molecule has 0 fully saturated rings. The fourth-order valence-corrected chi connectivity index (χ4v) is 2.81. The second-order valence-corrected chi connectivity index (χ2v) is 6.41. The van der Waals surface area contributed by atoms with Crippen molar-refractivity contribution in [2.24, 2.45) is 0 Å². The van der Waals surface area contributed by atoms with Gasteiger partial charge >= 0.3 is 11.9 Å². The predicted molar refractivity (Wildman–Crippen MR) is 108 cm³/mol. The van der Waals surface area contributed by atoms with Gasteiger partial charge in [0.1, 0.15) is 0 Å². The maximum Gasteiger partial charge on any atom is 0.308 e. The topological polar surface area (TPSA) is 105 Å². The van der Waals surface area contributed by atoms with Crippen LogP contribution < -0.4 is 18.9 Å². The molecule has 2 aromatic rings. The number of carbonyl (C=O) groups is 4. The number of Topliss-reactive ketones (excluding diaryl/α,β-unsaturated/α-hetero) is 2. The van der Waals surface area contributed by atoms with Crippen LogP contribution in [0.1, 0.15) is 48.4 Å². The zero-order valence-corrected chi connectivity index (χ0v) is 17.6. The Morgan fingerprint density at radius 3 is 1.17 bits per heavy atom. The standard InChI is InChI=1S/C22H22O8/c1-11(23)15-7-17(21(29-13(3)25)19(9-15)27-5)18-8-16(12(2)24)10-20(28-6)22(18)30-14(4)26/h7-10H,1-6H3.